The number of anilines is 1. The van der Waals surface area contributed by atoms with Gasteiger partial charge in [-0.25, -0.2) is 8.42 Å². The van der Waals surface area contributed by atoms with Gasteiger partial charge in [0.05, 0.1) is 36.4 Å². The quantitative estimate of drug-likeness (QED) is 0.420. The van der Waals surface area contributed by atoms with E-state index in [-0.39, 0.29) is 11.4 Å². The Bertz CT molecular complexity index is 1280. The molecule has 0 aliphatic heterocycles. The predicted molar refractivity (Wildman–Crippen MR) is 133 cm³/mol. The van der Waals surface area contributed by atoms with Crippen LogP contribution in [0.25, 0.3) is 0 Å². The van der Waals surface area contributed by atoms with Crippen molar-refractivity contribution >= 4 is 44.8 Å². The van der Waals surface area contributed by atoms with E-state index in [9.17, 15) is 13.2 Å². The second-order valence-corrected chi connectivity index (χ2v) is 10.2. The highest BCUT2D eigenvalue weighted by molar-refractivity contribution is 7.89. The summed E-state index contributed by atoms with van der Waals surface area (Å²) in [6.45, 7) is 1.36. The molecule has 0 spiro atoms. The first-order valence-electron chi connectivity index (χ1n) is 10.2. The summed E-state index contributed by atoms with van der Waals surface area (Å²) in [5.41, 5.74) is 1.85. The zero-order chi connectivity index (χ0) is 24.9. The number of sulfonamides is 1. The highest BCUT2D eigenvalue weighted by Gasteiger charge is 2.27. The maximum atomic E-state index is 13.4. The molecule has 0 bridgehead atoms. The molecule has 0 saturated heterocycles. The summed E-state index contributed by atoms with van der Waals surface area (Å²) in [4.78, 5) is 13.1. The summed E-state index contributed by atoms with van der Waals surface area (Å²) < 4.78 is 38.5. The molecule has 3 aromatic carbocycles. The van der Waals surface area contributed by atoms with Gasteiger partial charge in [-0.15, -0.1) is 0 Å². The molecule has 3 aromatic rings. The lowest BCUT2D eigenvalue weighted by atomic mass is 10.2. The summed E-state index contributed by atoms with van der Waals surface area (Å²) >= 11 is 12.2. The van der Waals surface area contributed by atoms with E-state index in [0.717, 1.165) is 9.87 Å². The van der Waals surface area contributed by atoms with E-state index in [0.29, 0.717) is 32.8 Å². The van der Waals surface area contributed by atoms with Crippen molar-refractivity contribution in [1.29, 1.82) is 0 Å². The Labute approximate surface area is 209 Å². The fourth-order valence-electron chi connectivity index (χ4n) is 3.23. The molecule has 10 heteroatoms. The van der Waals surface area contributed by atoms with Crippen molar-refractivity contribution < 1.29 is 22.7 Å². The highest BCUT2D eigenvalue weighted by Crippen LogP contribution is 2.36. The van der Waals surface area contributed by atoms with Gasteiger partial charge in [0, 0.05) is 23.7 Å². The van der Waals surface area contributed by atoms with Gasteiger partial charge in [0.15, 0.2) is 0 Å². The maximum Gasteiger partial charge on any atom is 0.243 e. The molecule has 0 fully saturated rings. The first-order chi connectivity index (χ1) is 16.1. The Hall–Kier alpha value is -2.78. The molecular weight excluding hydrogens is 499 g/mol. The molecule has 0 radical (unpaired) electrons. The smallest absolute Gasteiger partial charge is 0.243 e. The number of rotatable bonds is 9. The van der Waals surface area contributed by atoms with Crippen molar-refractivity contribution in [1.82, 2.24) is 4.31 Å². The van der Waals surface area contributed by atoms with Crippen LogP contribution in [-0.4, -0.2) is 39.4 Å². The summed E-state index contributed by atoms with van der Waals surface area (Å²) in [6, 6.07) is 16.3. The first-order valence-corrected chi connectivity index (χ1v) is 12.4. The Morgan fingerprint density at radius 3 is 2.26 bits per heavy atom. The van der Waals surface area contributed by atoms with Crippen LogP contribution < -0.4 is 14.8 Å². The zero-order valence-corrected chi connectivity index (χ0v) is 21.2. The molecule has 3 rings (SSSR count). The van der Waals surface area contributed by atoms with Crippen molar-refractivity contribution in [2.75, 3.05) is 26.1 Å². The van der Waals surface area contributed by atoms with Crippen LogP contribution in [-0.2, 0) is 21.4 Å². The molecule has 0 aromatic heterocycles. The number of nitrogens with zero attached hydrogens (tertiary/aromatic N) is 1. The predicted octanol–water partition coefficient (Wildman–Crippen LogP) is 5.15. The fraction of sp³-hybridized carbons (Fsp3) is 0.208. The summed E-state index contributed by atoms with van der Waals surface area (Å²) in [7, 11) is -1.12. The van der Waals surface area contributed by atoms with Gasteiger partial charge in [0.1, 0.15) is 11.5 Å². The largest absolute Gasteiger partial charge is 0.495 e. The minimum absolute atomic E-state index is 0.0503. The summed E-state index contributed by atoms with van der Waals surface area (Å²) in [5.74, 6) is 0.0724. The van der Waals surface area contributed by atoms with Crippen LogP contribution in [0, 0.1) is 6.92 Å². The third-order valence-electron chi connectivity index (χ3n) is 4.97. The zero-order valence-electron chi connectivity index (χ0n) is 18.8. The molecule has 0 aliphatic carbocycles. The molecule has 0 unspecified atom stereocenters. The van der Waals surface area contributed by atoms with E-state index >= 15 is 0 Å². The maximum absolute atomic E-state index is 13.4. The lowest BCUT2D eigenvalue weighted by molar-refractivity contribution is -0.116. The molecule has 1 N–H and O–H groups in total. The van der Waals surface area contributed by atoms with Crippen molar-refractivity contribution in [2.24, 2.45) is 0 Å². The Balaban J connectivity index is 1.92. The summed E-state index contributed by atoms with van der Waals surface area (Å²) in [6.07, 6.45) is 0. The van der Waals surface area contributed by atoms with Crippen LogP contribution in [0.2, 0.25) is 10.0 Å². The molecule has 180 valence electrons. The van der Waals surface area contributed by atoms with Crippen LogP contribution in [0.3, 0.4) is 0 Å². The third kappa shape index (κ3) is 6.21. The Morgan fingerprint density at radius 2 is 1.65 bits per heavy atom. The van der Waals surface area contributed by atoms with E-state index < -0.39 is 22.5 Å². The molecule has 0 atom stereocenters. The van der Waals surface area contributed by atoms with Gasteiger partial charge in [-0.2, -0.15) is 4.31 Å². The number of aryl methyl sites for hydroxylation is 1. The minimum atomic E-state index is -4.00. The summed E-state index contributed by atoms with van der Waals surface area (Å²) in [5, 5.41) is 3.46. The van der Waals surface area contributed by atoms with E-state index in [2.05, 4.69) is 5.32 Å². The number of halogens is 2. The standard InChI is InChI=1S/C24H24Cl2N2O5S/c1-16-7-9-19(10-8-16)34(30,31)28(14-17-5-4-6-18(25)11-17)15-24(29)27-21-13-22(32-2)20(26)12-23(21)33-3/h4-13H,14-15H2,1-3H3,(H,27,29). The fourth-order valence-corrected chi connectivity index (χ4v) is 5.06. The van der Waals surface area contributed by atoms with Gasteiger partial charge in [0.25, 0.3) is 0 Å². The first kappa shape index (κ1) is 25.8. The number of ether oxygens (including phenoxy) is 2. The average Bonchev–Trinajstić information content (AvgIpc) is 2.79. The topological polar surface area (TPSA) is 84.9 Å². The van der Waals surface area contributed by atoms with Gasteiger partial charge in [-0.05, 0) is 36.8 Å². The number of carbonyl (C=O) groups excluding carboxylic acids is 1. The molecule has 1 amide bonds. The number of hydrogen-bond donors (Lipinski definition) is 1. The van der Waals surface area contributed by atoms with E-state index in [1.165, 1.54) is 38.5 Å². The van der Waals surface area contributed by atoms with Crippen LogP contribution in [0.1, 0.15) is 11.1 Å². The van der Waals surface area contributed by atoms with Gasteiger partial charge in [-0.3, -0.25) is 4.79 Å². The average molecular weight is 523 g/mol. The second-order valence-electron chi connectivity index (χ2n) is 7.45. The number of nitrogens with one attached hydrogen (secondary N) is 1. The van der Waals surface area contributed by atoms with Crippen molar-refractivity contribution in [2.45, 2.75) is 18.4 Å². The van der Waals surface area contributed by atoms with Crippen LogP contribution in [0.4, 0.5) is 5.69 Å². The number of amides is 1. The minimum Gasteiger partial charge on any atom is -0.495 e. The third-order valence-corrected chi connectivity index (χ3v) is 7.31. The lowest BCUT2D eigenvalue weighted by Crippen LogP contribution is -2.37. The number of hydrogen-bond acceptors (Lipinski definition) is 5. The van der Waals surface area contributed by atoms with Gasteiger partial charge < -0.3 is 14.8 Å². The van der Waals surface area contributed by atoms with E-state index in [1.54, 1.807) is 36.4 Å². The molecule has 0 aliphatic rings. The number of benzene rings is 3. The highest BCUT2D eigenvalue weighted by atomic mass is 35.5. The van der Waals surface area contributed by atoms with E-state index in [4.69, 9.17) is 32.7 Å². The monoisotopic (exact) mass is 522 g/mol. The van der Waals surface area contributed by atoms with Crippen LogP contribution in [0.5, 0.6) is 11.5 Å². The van der Waals surface area contributed by atoms with Crippen LogP contribution >= 0.6 is 23.2 Å². The lowest BCUT2D eigenvalue weighted by Gasteiger charge is -2.22. The Morgan fingerprint density at radius 1 is 0.971 bits per heavy atom. The SMILES string of the molecule is COc1cc(NC(=O)CN(Cc2cccc(Cl)c2)S(=O)(=O)c2ccc(C)cc2)c(OC)cc1Cl. The molecule has 0 heterocycles. The Kier molecular flexibility index (Phi) is 8.43. The molecular formula is C24H24Cl2N2O5S. The normalized spacial score (nSPS) is 11.4. The number of carbonyl (C=O) groups is 1. The van der Waals surface area contributed by atoms with E-state index in [1.807, 2.05) is 6.92 Å². The molecule has 34 heavy (non-hydrogen) atoms. The van der Waals surface area contributed by atoms with Crippen LogP contribution in [0.15, 0.2) is 65.6 Å². The van der Waals surface area contributed by atoms with Gasteiger partial charge >= 0.3 is 0 Å². The molecule has 7 nitrogen and oxygen atoms in total. The van der Waals surface area contributed by atoms with Crippen molar-refractivity contribution in [3.05, 3.63) is 81.8 Å². The van der Waals surface area contributed by atoms with Gasteiger partial charge in [0.2, 0.25) is 15.9 Å². The molecule has 0 saturated carbocycles. The number of methoxy groups -OCH3 is 2. The van der Waals surface area contributed by atoms with Crippen molar-refractivity contribution in [3.8, 4) is 11.5 Å². The second kappa shape index (κ2) is 11.1. The van der Waals surface area contributed by atoms with Crippen molar-refractivity contribution in [3.63, 3.8) is 0 Å². The van der Waals surface area contributed by atoms with Gasteiger partial charge in [-0.1, -0.05) is 53.0 Å².